The number of aliphatic hydroxyl groups excluding tert-OH is 1. The number of aromatic hydroxyl groups is 1. The first-order valence-corrected chi connectivity index (χ1v) is 7.77. The molecule has 2 N–H and O–H groups in total. The fourth-order valence-electron chi connectivity index (χ4n) is 2.11. The highest BCUT2D eigenvalue weighted by atomic mass is 32.1. The summed E-state index contributed by atoms with van der Waals surface area (Å²) in [7, 11) is 0. The van der Waals surface area contributed by atoms with E-state index in [4.69, 9.17) is 0 Å². The summed E-state index contributed by atoms with van der Waals surface area (Å²) in [4.78, 5) is 9.88. The molecule has 0 spiro atoms. The molecular weight excluding hydrogens is 284 g/mol. The maximum atomic E-state index is 10.1. The number of aryl methyl sites for hydroxylation is 1. The standard InChI is InChI=1S/C16H20N2O2S/c1-10(2)15(14-5-4-6-21-14)18-8-13-12(9-19)7-17-11(3)16(13)20/h4-8,10,15,19-20H,9H2,1-3H3/t15-/m0/s1. The topological polar surface area (TPSA) is 65.7 Å². The first kappa shape index (κ1) is 15.7. The van der Waals surface area contributed by atoms with Crippen LogP contribution in [0.2, 0.25) is 0 Å². The zero-order valence-corrected chi connectivity index (χ0v) is 13.3. The van der Waals surface area contributed by atoms with Crippen LogP contribution >= 0.6 is 11.3 Å². The van der Waals surface area contributed by atoms with Crippen LogP contribution in [-0.4, -0.2) is 21.4 Å². The van der Waals surface area contributed by atoms with E-state index in [2.05, 4.69) is 29.9 Å². The Morgan fingerprint density at radius 3 is 2.76 bits per heavy atom. The zero-order valence-electron chi connectivity index (χ0n) is 12.4. The number of nitrogens with zero attached hydrogens (tertiary/aromatic N) is 2. The molecule has 2 heterocycles. The van der Waals surface area contributed by atoms with Crippen LogP contribution in [0.25, 0.3) is 0 Å². The third kappa shape index (κ3) is 3.49. The van der Waals surface area contributed by atoms with Crippen molar-refractivity contribution in [3.63, 3.8) is 0 Å². The molecule has 1 atom stereocenters. The largest absolute Gasteiger partial charge is 0.505 e. The molecule has 0 aliphatic carbocycles. The Labute approximate surface area is 128 Å². The van der Waals surface area contributed by atoms with Gasteiger partial charge in [-0.1, -0.05) is 19.9 Å². The average molecular weight is 304 g/mol. The summed E-state index contributed by atoms with van der Waals surface area (Å²) in [5, 5.41) is 21.5. The van der Waals surface area contributed by atoms with Gasteiger partial charge in [0.1, 0.15) is 5.75 Å². The molecule has 0 aromatic carbocycles. The smallest absolute Gasteiger partial charge is 0.145 e. The van der Waals surface area contributed by atoms with Crippen LogP contribution in [-0.2, 0) is 6.61 Å². The molecule has 0 bridgehead atoms. The van der Waals surface area contributed by atoms with Gasteiger partial charge in [0.15, 0.2) is 0 Å². The molecule has 0 fully saturated rings. The van der Waals surface area contributed by atoms with Crippen LogP contribution in [0, 0.1) is 12.8 Å². The molecule has 2 aromatic heterocycles. The van der Waals surface area contributed by atoms with Crippen LogP contribution in [0.5, 0.6) is 5.75 Å². The van der Waals surface area contributed by atoms with Crippen molar-refractivity contribution in [1.29, 1.82) is 0 Å². The van der Waals surface area contributed by atoms with E-state index in [1.807, 2.05) is 11.4 Å². The van der Waals surface area contributed by atoms with Gasteiger partial charge in [-0.2, -0.15) is 0 Å². The van der Waals surface area contributed by atoms with Gasteiger partial charge in [0, 0.05) is 28.4 Å². The van der Waals surface area contributed by atoms with Crippen molar-refractivity contribution in [2.24, 2.45) is 10.9 Å². The number of hydrogen-bond donors (Lipinski definition) is 2. The van der Waals surface area contributed by atoms with Crippen molar-refractivity contribution in [1.82, 2.24) is 4.98 Å². The lowest BCUT2D eigenvalue weighted by Crippen LogP contribution is -2.04. The fourth-order valence-corrected chi connectivity index (χ4v) is 3.05. The van der Waals surface area contributed by atoms with Crippen molar-refractivity contribution in [2.75, 3.05) is 0 Å². The van der Waals surface area contributed by atoms with Gasteiger partial charge < -0.3 is 10.2 Å². The number of rotatable bonds is 5. The predicted octanol–water partition coefficient (Wildman–Crippen LogP) is 3.47. The molecule has 0 amide bonds. The number of aromatic nitrogens is 1. The molecule has 4 nitrogen and oxygen atoms in total. The molecule has 0 saturated carbocycles. The lowest BCUT2D eigenvalue weighted by Gasteiger charge is -2.15. The number of aliphatic imine (C=N–C) groups is 1. The molecular formula is C16H20N2O2S. The summed E-state index contributed by atoms with van der Waals surface area (Å²) in [6, 6.07) is 4.12. The molecule has 0 radical (unpaired) electrons. The van der Waals surface area contributed by atoms with Crippen molar-refractivity contribution in [3.8, 4) is 5.75 Å². The van der Waals surface area contributed by atoms with E-state index < -0.39 is 0 Å². The van der Waals surface area contributed by atoms with Crippen molar-refractivity contribution >= 4 is 17.6 Å². The number of aliphatic hydroxyl groups is 1. The molecule has 112 valence electrons. The fraction of sp³-hybridized carbons (Fsp3) is 0.375. The van der Waals surface area contributed by atoms with Crippen LogP contribution in [0.15, 0.2) is 28.7 Å². The first-order valence-electron chi connectivity index (χ1n) is 6.89. The van der Waals surface area contributed by atoms with E-state index >= 15 is 0 Å². The Morgan fingerprint density at radius 1 is 1.43 bits per heavy atom. The monoisotopic (exact) mass is 304 g/mol. The predicted molar refractivity (Wildman–Crippen MR) is 86.1 cm³/mol. The lowest BCUT2D eigenvalue weighted by atomic mass is 10.0. The van der Waals surface area contributed by atoms with Crippen LogP contribution in [0.4, 0.5) is 0 Å². The third-order valence-corrected chi connectivity index (χ3v) is 4.30. The summed E-state index contributed by atoms with van der Waals surface area (Å²) in [6.45, 7) is 5.79. The number of pyridine rings is 1. The summed E-state index contributed by atoms with van der Waals surface area (Å²) in [5.74, 6) is 0.432. The zero-order chi connectivity index (χ0) is 15.4. The minimum atomic E-state index is -0.173. The molecule has 0 unspecified atom stereocenters. The highest BCUT2D eigenvalue weighted by Gasteiger charge is 2.16. The molecule has 0 aliphatic rings. The Kier molecular flexibility index (Phi) is 5.09. The van der Waals surface area contributed by atoms with E-state index in [0.29, 0.717) is 22.7 Å². The van der Waals surface area contributed by atoms with Crippen LogP contribution in [0.3, 0.4) is 0 Å². The van der Waals surface area contributed by atoms with Gasteiger partial charge >= 0.3 is 0 Å². The van der Waals surface area contributed by atoms with Gasteiger partial charge in [0.25, 0.3) is 0 Å². The highest BCUT2D eigenvalue weighted by Crippen LogP contribution is 2.30. The van der Waals surface area contributed by atoms with Gasteiger partial charge in [-0.05, 0) is 24.3 Å². The molecule has 2 aromatic rings. The summed E-state index contributed by atoms with van der Waals surface area (Å²) in [5.41, 5.74) is 1.66. The third-order valence-electron chi connectivity index (χ3n) is 3.36. The second-order valence-electron chi connectivity index (χ2n) is 5.27. The Hall–Kier alpha value is -1.72. The van der Waals surface area contributed by atoms with Gasteiger partial charge in [-0.25, -0.2) is 0 Å². The SMILES string of the molecule is Cc1ncc(CO)c(C=N[C@H](c2cccs2)C(C)C)c1O. The highest BCUT2D eigenvalue weighted by molar-refractivity contribution is 7.10. The van der Waals surface area contributed by atoms with E-state index in [9.17, 15) is 10.2 Å². The van der Waals surface area contributed by atoms with Gasteiger partial charge in [-0.3, -0.25) is 9.98 Å². The first-order chi connectivity index (χ1) is 10.0. The average Bonchev–Trinajstić information content (AvgIpc) is 2.97. The molecule has 5 heteroatoms. The molecule has 21 heavy (non-hydrogen) atoms. The van der Waals surface area contributed by atoms with Crippen LogP contribution in [0.1, 0.15) is 41.6 Å². The maximum absolute atomic E-state index is 10.1. The van der Waals surface area contributed by atoms with Crippen molar-refractivity contribution < 1.29 is 10.2 Å². The summed E-state index contributed by atoms with van der Waals surface area (Å²) >= 11 is 1.67. The van der Waals surface area contributed by atoms with E-state index in [1.54, 1.807) is 30.7 Å². The minimum absolute atomic E-state index is 0.0458. The quantitative estimate of drug-likeness (QED) is 0.831. The number of thiophene rings is 1. The minimum Gasteiger partial charge on any atom is -0.505 e. The second kappa shape index (κ2) is 6.83. The normalized spacial score (nSPS) is 13.2. The van der Waals surface area contributed by atoms with Crippen LogP contribution < -0.4 is 0 Å². The van der Waals surface area contributed by atoms with Crippen molar-refractivity contribution in [3.05, 3.63) is 45.4 Å². The van der Waals surface area contributed by atoms with Gasteiger partial charge in [0.2, 0.25) is 0 Å². The van der Waals surface area contributed by atoms with E-state index in [-0.39, 0.29) is 18.4 Å². The van der Waals surface area contributed by atoms with Crippen molar-refractivity contribution in [2.45, 2.75) is 33.4 Å². The Bertz CT molecular complexity index is 621. The maximum Gasteiger partial charge on any atom is 0.145 e. The lowest BCUT2D eigenvalue weighted by molar-refractivity contribution is 0.280. The Balaban J connectivity index is 2.37. The molecule has 0 saturated heterocycles. The van der Waals surface area contributed by atoms with Gasteiger partial charge in [-0.15, -0.1) is 11.3 Å². The molecule has 2 rings (SSSR count). The Morgan fingerprint density at radius 2 is 2.19 bits per heavy atom. The summed E-state index contributed by atoms with van der Waals surface area (Å²) in [6.07, 6.45) is 3.23. The molecule has 0 aliphatic heterocycles. The summed E-state index contributed by atoms with van der Waals surface area (Å²) < 4.78 is 0. The van der Waals surface area contributed by atoms with E-state index in [1.165, 1.54) is 4.88 Å². The second-order valence-corrected chi connectivity index (χ2v) is 6.25. The van der Waals surface area contributed by atoms with E-state index in [0.717, 1.165) is 0 Å². The number of hydrogen-bond acceptors (Lipinski definition) is 5. The van der Waals surface area contributed by atoms with Gasteiger partial charge in [0.05, 0.1) is 18.3 Å².